The fraction of sp³-hybridized carbons (Fsp3) is 0.875. The van der Waals surface area contributed by atoms with Crippen molar-refractivity contribution in [3.8, 4) is 0 Å². The minimum absolute atomic E-state index is 0.0714. The molecule has 2 rings (SSSR count). The van der Waals surface area contributed by atoms with E-state index in [-0.39, 0.29) is 17.9 Å². The van der Waals surface area contributed by atoms with Gasteiger partial charge in [-0.3, -0.25) is 9.59 Å². The Bertz CT molecular complexity index is 371. The molecule has 1 aliphatic carbocycles. The van der Waals surface area contributed by atoms with Gasteiger partial charge in [-0.2, -0.15) is 0 Å². The number of nitrogens with two attached hydrogens (primary N) is 1. The van der Waals surface area contributed by atoms with E-state index < -0.39 is 0 Å². The first-order chi connectivity index (χ1) is 10.7. The van der Waals surface area contributed by atoms with Crippen molar-refractivity contribution >= 4 is 11.8 Å². The number of piperazine rings is 1. The Morgan fingerprint density at radius 2 is 1.68 bits per heavy atom. The molecule has 2 N–H and O–H groups in total. The fourth-order valence-electron chi connectivity index (χ4n) is 3.37. The summed E-state index contributed by atoms with van der Waals surface area (Å²) in [6.07, 6.45) is 5.78. The number of ether oxygens (including phenoxy) is 1. The van der Waals surface area contributed by atoms with Crippen LogP contribution in [-0.4, -0.2) is 67.6 Å². The molecule has 1 heterocycles. The Morgan fingerprint density at radius 1 is 1.09 bits per heavy atom. The van der Waals surface area contributed by atoms with Gasteiger partial charge in [0.05, 0.1) is 12.5 Å². The Labute approximate surface area is 132 Å². The molecule has 1 saturated heterocycles. The first-order valence-corrected chi connectivity index (χ1v) is 8.45. The van der Waals surface area contributed by atoms with Crippen molar-refractivity contribution in [3.63, 3.8) is 0 Å². The summed E-state index contributed by atoms with van der Waals surface area (Å²) in [5, 5.41) is 0. The number of hydrogen-bond donors (Lipinski definition) is 1. The zero-order valence-electron chi connectivity index (χ0n) is 13.6. The van der Waals surface area contributed by atoms with Crippen LogP contribution in [0.25, 0.3) is 0 Å². The third-order valence-corrected chi connectivity index (χ3v) is 4.90. The minimum atomic E-state index is -0.214. The molecule has 0 aromatic rings. The van der Waals surface area contributed by atoms with E-state index in [2.05, 4.69) is 0 Å². The molecule has 1 unspecified atom stereocenters. The zero-order chi connectivity index (χ0) is 15.9. The summed E-state index contributed by atoms with van der Waals surface area (Å²) in [6.45, 7) is 2.90. The van der Waals surface area contributed by atoms with Crippen LogP contribution < -0.4 is 5.73 Å². The highest BCUT2D eigenvalue weighted by Gasteiger charge is 2.30. The number of amides is 2. The van der Waals surface area contributed by atoms with Crippen LogP contribution in [0, 0.1) is 5.92 Å². The molecular weight excluding hydrogens is 282 g/mol. The molecule has 6 heteroatoms. The molecule has 0 spiro atoms. The van der Waals surface area contributed by atoms with Crippen molar-refractivity contribution in [2.24, 2.45) is 11.7 Å². The number of hydrogen-bond acceptors (Lipinski definition) is 4. The van der Waals surface area contributed by atoms with Gasteiger partial charge in [-0.1, -0.05) is 19.3 Å². The molecule has 6 nitrogen and oxygen atoms in total. The average molecular weight is 311 g/mol. The summed E-state index contributed by atoms with van der Waals surface area (Å²) in [5.74, 6) is 0.580. The molecule has 1 aliphatic heterocycles. The first-order valence-electron chi connectivity index (χ1n) is 8.45. The van der Waals surface area contributed by atoms with Crippen molar-refractivity contribution < 1.29 is 14.3 Å². The second kappa shape index (κ2) is 8.48. The SMILES string of the molecule is COC(CN)CC(=O)N1CCN(C(=O)C2CCCCC2)CC1. The van der Waals surface area contributed by atoms with E-state index in [0.29, 0.717) is 45.1 Å². The third kappa shape index (κ3) is 4.43. The van der Waals surface area contributed by atoms with Crippen LogP contribution in [0.15, 0.2) is 0 Å². The van der Waals surface area contributed by atoms with E-state index in [1.165, 1.54) is 19.3 Å². The topological polar surface area (TPSA) is 75.9 Å². The number of nitrogens with zero attached hydrogens (tertiary/aromatic N) is 2. The van der Waals surface area contributed by atoms with Crippen LogP contribution in [-0.2, 0) is 14.3 Å². The van der Waals surface area contributed by atoms with Gasteiger partial charge in [-0.15, -0.1) is 0 Å². The molecule has 126 valence electrons. The van der Waals surface area contributed by atoms with Crippen LogP contribution in [0.1, 0.15) is 38.5 Å². The minimum Gasteiger partial charge on any atom is -0.380 e. The summed E-state index contributed by atoms with van der Waals surface area (Å²) in [7, 11) is 1.57. The van der Waals surface area contributed by atoms with E-state index in [9.17, 15) is 9.59 Å². The highest BCUT2D eigenvalue weighted by atomic mass is 16.5. The number of carbonyl (C=O) groups is 2. The predicted molar refractivity (Wildman–Crippen MR) is 84.2 cm³/mol. The summed E-state index contributed by atoms with van der Waals surface area (Å²) >= 11 is 0. The van der Waals surface area contributed by atoms with E-state index in [0.717, 1.165) is 12.8 Å². The average Bonchev–Trinajstić information content (AvgIpc) is 2.59. The van der Waals surface area contributed by atoms with Gasteiger partial charge in [-0.25, -0.2) is 0 Å². The number of rotatable bonds is 5. The summed E-state index contributed by atoms with van der Waals surface area (Å²) in [4.78, 5) is 28.4. The highest BCUT2D eigenvalue weighted by Crippen LogP contribution is 2.25. The van der Waals surface area contributed by atoms with E-state index >= 15 is 0 Å². The van der Waals surface area contributed by atoms with E-state index in [1.54, 1.807) is 7.11 Å². The van der Waals surface area contributed by atoms with Gasteiger partial charge in [0, 0.05) is 45.8 Å². The van der Waals surface area contributed by atoms with Gasteiger partial charge in [0.25, 0.3) is 0 Å². The molecule has 0 aromatic carbocycles. The van der Waals surface area contributed by atoms with Gasteiger partial charge in [-0.05, 0) is 12.8 Å². The predicted octanol–water partition coefficient (Wildman–Crippen LogP) is 0.601. The summed E-state index contributed by atoms with van der Waals surface area (Å²) in [5.41, 5.74) is 5.56. The van der Waals surface area contributed by atoms with Crippen molar-refractivity contribution in [1.82, 2.24) is 9.80 Å². The van der Waals surface area contributed by atoms with Crippen LogP contribution >= 0.6 is 0 Å². The standard InChI is InChI=1S/C16H29N3O3/c1-22-14(12-17)11-15(20)18-7-9-19(10-8-18)16(21)13-5-3-2-4-6-13/h13-14H,2-12,17H2,1H3. The molecule has 0 bridgehead atoms. The van der Waals surface area contributed by atoms with Crippen LogP contribution in [0.2, 0.25) is 0 Å². The summed E-state index contributed by atoms with van der Waals surface area (Å²) < 4.78 is 5.16. The smallest absolute Gasteiger partial charge is 0.225 e. The Hall–Kier alpha value is -1.14. The normalized spacial score (nSPS) is 21.7. The largest absolute Gasteiger partial charge is 0.380 e. The first kappa shape index (κ1) is 17.2. The Kier molecular flexibility index (Phi) is 6.64. The van der Waals surface area contributed by atoms with Crippen molar-refractivity contribution in [3.05, 3.63) is 0 Å². The van der Waals surface area contributed by atoms with Gasteiger partial charge in [0.2, 0.25) is 11.8 Å². The van der Waals surface area contributed by atoms with Crippen molar-refractivity contribution in [1.29, 1.82) is 0 Å². The van der Waals surface area contributed by atoms with Gasteiger partial charge >= 0.3 is 0 Å². The molecule has 22 heavy (non-hydrogen) atoms. The lowest BCUT2D eigenvalue weighted by atomic mass is 9.88. The van der Waals surface area contributed by atoms with Crippen LogP contribution in [0.5, 0.6) is 0 Å². The molecule has 2 aliphatic rings. The number of carbonyl (C=O) groups excluding carboxylic acids is 2. The molecule has 2 fully saturated rings. The maximum atomic E-state index is 12.5. The zero-order valence-corrected chi connectivity index (χ0v) is 13.6. The van der Waals surface area contributed by atoms with E-state index in [1.807, 2.05) is 9.80 Å². The van der Waals surface area contributed by atoms with E-state index in [4.69, 9.17) is 10.5 Å². The quantitative estimate of drug-likeness (QED) is 0.807. The second-order valence-corrected chi connectivity index (χ2v) is 6.34. The Balaban J connectivity index is 1.77. The van der Waals surface area contributed by atoms with Gasteiger partial charge < -0.3 is 20.3 Å². The third-order valence-electron chi connectivity index (χ3n) is 4.90. The fourth-order valence-corrected chi connectivity index (χ4v) is 3.37. The van der Waals surface area contributed by atoms with Gasteiger partial charge in [0.1, 0.15) is 0 Å². The maximum absolute atomic E-state index is 12.5. The van der Waals surface area contributed by atoms with Crippen molar-refractivity contribution in [2.45, 2.75) is 44.6 Å². The Morgan fingerprint density at radius 3 is 2.23 bits per heavy atom. The molecule has 0 radical (unpaired) electrons. The van der Waals surface area contributed by atoms with Crippen LogP contribution in [0.4, 0.5) is 0 Å². The monoisotopic (exact) mass is 311 g/mol. The lowest BCUT2D eigenvalue weighted by Crippen LogP contribution is -2.52. The second-order valence-electron chi connectivity index (χ2n) is 6.34. The molecule has 2 amide bonds. The molecule has 1 saturated carbocycles. The molecular formula is C16H29N3O3. The van der Waals surface area contributed by atoms with Crippen molar-refractivity contribution in [2.75, 3.05) is 39.8 Å². The molecule has 0 aromatic heterocycles. The lowest BCUT2D eigenvalue weighted by molar-refractivity contribution is -0.143. The van der Waals surface area contributed by atoms with Crippen LogP contribution in [0.3, 0.4) is 0 Å². The maximum Gasteiger partial charge on any atom is 0.225 e. The molecule has 1 atom stereocenters. The lowest BCUT2D eigenvalue weighted by Gasteiger charge is -2.37. The van der Waals surface area contributed by atoms with Gasteiger partial charge in [0.15, 0.2) is 0 Å². The number of methoxy groups -OCH3 is 1. The summed E-state index contributed by atoms with van der Waals surface area (Å²) in [6, 6.07) is 0. The highest BCUT2D eigenvalue weighted by molar-refractivity contribution is 5.80.